The molecule has 0 bridgehead atoms. The third-order valence-electron chi connectivity index (χ3n) is 3.06. The SMILES string of the molecule is CCc1cccc(NS(=O)(=O)c2cc(C(=O)O)ccc2Cl)c1. The molecule has 0 aliphatic carbocycles. The number of hydrogen-bond donors (Lipinski definition) is 2. The van der Waals surface area contributed by atoms with Crippen LogP contribution in [0.5, 0.6) is 0 Å². The van der Waals surface area contributed by atoms with E-state index in [-0.39, 0.29) is 15.5 Å². The van der Waals surface area contributed by atoms with Crippen LogP contribution in [0, 0.1) is 0 Å². The van der Waals surface area contributed by atoms with Gasteiger partial charge in [-0.15, -0.1) is 0 Å². The van der Waals surface area contributed by atoms with Gasteiger partial charge < -0.3 is 5.11 Å². The Bertz CT molecular complexity index is 818. The van der Waals surface area contributed by atoms with E-state index >= 15 is 0 Å². The van der Waals surface area contributed by atoms with Crippen LogP contribution in [0.2, 0.25) is 5.02 Å². The third-order valence-corrected chi connectivity index (χ3v) is 4.92. The maximum Gasteiger partial charge on any atom is 0.335 e. The minimum atomic E-state index is -3.97. The predicted octanol–water partition coefficient (Wildman–Crippen LogP) is 3.40. The number of sulfonamides is 1. The molecule has 2 rings (SSSR count). The molecular weight excluding hydrogens is 326 g/mol. The van der Waals surface area contributed by atoms with Gasteiger partial charge in [0.05, 0.1) is 10.6 Å². The molecule has 0 atom stereocenters. The first-order valence-corrected chi connectivity index (χ1v) is 8.34. The van der Waals surface area contributed by atoms with Crippen molar-refractivity contribution in [2.45, 2.75) is 18.2 Å². The Morgan fingerprint density at radius 3 is 2.59 bits per heavy atom. The number of carboxylic acids is 1. The second-order valence-electron chi connectivity index (χ2n) is 4.61. The molecule has 7 heteroatoms. The van der Waals surface area contributed by atoms with Crippen molar-refractivity contribution in [3.63, 3.8) is 0 Å². The molecule has 0 aromatic heterocycles. The van der Waals surface area contributed by atoms with Gasteiger partial charge >= 0.3 is 5.97 Å². The Morgan fingerprint density at radius 1 is 1.23 bits per heavy atom. The molecular formula is C15H14ClNO4S. The maximum atomic E-state index is 12.4. The number of aryl methyl sites for hydroxylation is 1. The van der Waals surface area contributed by atoms with Crippen LogP contribution < -0.4 is 4.72 Å². The lowest BCUT2D eigenvalue weighted by Crippen LogP contribution is -2.14. The van der Waals surface area contributed by atoms with Crippen molar-refractivity contribution >= 4 is 33.3 Å². The quantitative estimate of drug-likeness (QED) is 0.874. The highest BCUT2D eigenvalue weighted by Crippen LogP contribution is 2.25. The molecule has 0 saturated carbocycles. The summed E-state index contributed by atoms with van der Waals surface area (Å²) in [5.41, 5.74) is 1.23. The third kappa shape index (κ3) is 3.58. The van der Waals surface area contributed by atoms with Crippen molar-refractivity contribution in [3.05, 3.63) is 58.6 Å². The number of hydrogen-bond acceptors (Lipinski definition) is 3. The number of carboxylic acid groups (broad SMARTS) is 1. The molecule has 22 heavy (non-hydrogen) atoms. The predicted molar refractivity (Wildman–Crippen MR) is 85.0 cm³/mol. The van der Waals surface area contributed by atoms with E-state index < -0.39 is 16.0 Å². The topological polar surface area (TPSA) is 83.5 Å². The first-order chi connectivity index (χ1) is 10.3. The molecule has 0 aliphatic heterocycles. The summed E-state index contributed by atoms with van der Waals surface area (Å²) in [5.74, 6) is -1.22. The van der Waals surface area contributed by atoms with Gasteiger partial charge in [-0.25, -0.2) is 13.2 Å². The Balaban J connectivity index is 2.42. The van der Waals surface area contributed by atoms with Crippen LogP contribution in [0.4, 0.5) is 5.69 Å². The minimum absolute atomic E-state index is 0.0378. The summed E-state index contributed by atoms with van der Waals surface area (Å²) < 4.78 is 27.2. The first kappa shape index (κ1) is 16.3. The van der Waals surface area contributed by atoms with Gasteiger partial charge in [0, 0.05) is 5.69 Å². The standard InChI is InChI=1S/C15H14ClNO4S/c1-2-10-4-3-5-12(8-10)17-22(20,21)14-9-11(15(18)19)6-7-13(14)16/h3-9,17H,2H2,1H3,(H,18,19). The van der Waals surface area contributed by atoms with Gasteiger partial charge in [0.25, 0.3) is 10.0 Å². The molecule has 0 radical (unpaired) electrons. The van der Waals surface area contributed by atoms with Crippen molar-refractivity contribution in [1.82, 2.24) is 0 Å². The summed E-state index contributed by atoms with van der Waals surface area (Å²) in [7, 11) is -3.97. The Morgan fingerprint density at radius 2 is 1.95 bits per heavy atom. The van der Waals surface area contributed by atoms with E-state index in [2.05, 4.69) is 4.72 Å². The Hall–Kier alpha value is -2.05. The molecule has 0 saturated heterocycles. The Labute approximate surface area is 133 Å². The molecule has 5 nitrogen and oxygen atoms in total. The van der Waals surface area contributed by atoms with Gasteiger partial charge in [-0.2, -0.15) is 0 Å². The van der Waals surface area contributed by atoms with Crippen molar-refractivity contribution in [2.24, 2.45) is 0 Å². The van der Waals surface area contributed by atoms with Crippen molar-refractivity contribution in [2.75, 3.05) is 4.72 Å². The number of benzene rings is 2. The summed E-state index contributed by atoms with van der Waals surface area (Å²) >= 11 is 5.90. The normalized spacial score (nSPS) is 11.2. The zero-order valence-corrected chi connectivity index (χ0v) is 13.3. The number of carbonyl (C=O) groups is 1. The number of rotatable bonds is 5. The summed E-state index contributed by atoms with van der Waals surface area (Å²) in [5, 5.41) is 8.93. The molecule has 0 amide bonds. The highest BCUT2D eigenvalue weighted by molar-refractivity contribution is 7.92. The molecule has 2 aromatic rings. The van der Waals surface area contributed by atoms with Crippen LogP contribution in [-0.4, -0.2) is 19.5 Å². The minimum Gasteiger partial charge on any atom is -0.478 e. The lowest BCUT2D eigenvalue weighted by molar-refractivity contribution is 0.0696. The van der Waals surface area contributed by atoms with E-state index in [0.717, 1.165) is 18.1 Å². The zero-order valence-electron chi connectivity index (χ0n) is 11.7. The fourth-order valence-corrected chi connectivity index (χ4v) is 3.48. The molecule has 116 valence electrons. The van der Waals surface area contributed by atoms with E-state index in [1.165, 1.54) is 12.1 Å². The average Bonchev–Trinajstić information content (AvgIpc) is 2.47. The molecule has 0 fully saturated rings. The summed E-state index contributed by atoms with van der Waals surface area (Å²) in [6.07, 6.45) is 0.769. The van der Waals surface area contributed by atoms with E-state index in [1.54, 1.807) is 18.2 Å². The molecule has 0 heterocycles. The van der Waals surface area contributed by atoms with Gasteiger partial charge in [0.15, 0.2) is 0 Å². The molecule has 0 spiro atoms. The summed E-state index contributed by atoms with van der Waals surface area (Å²) in [4.78, 5) is 10.7. The summed E-state index contributed by atoms with van der Waals surface area (Å²) in [6, 6.07) is 10.5. The number of nitrogens with one attached hydrogen (secondary N) is 1. The largest absolute Gasteiger partial charge is 0.478 e. The zero-order chi connectivity index (χ0) is 16.3. The van der Waals surface area contributed by atoms with Crippen LogP contribution in [0.25, 0.3) is 0 Å². The van der Waals surface area contributed by atoms with Gasteiger partial charge in [0.2, 0.25) is 0 Å². The van der Waals surface area contributed by atoms with E-state index in [0.29, 0.717) is 5.69 Å². The number of aromatic carboxylic acids is 1. The number of halogens is 1. The van der Waals surface area contributed by atoms with E-state index in [4.69, 9.17) is 16.7 Å². The van der Waals surface area contributed by atoms with Crippen LogP contribution in [0.1, 0.15) is 22.8 Å². The second kappa shape index (κ2) is 6.37. The molecule has 2 aromatic carbocycles. The Kier molecular flexibility index (Phi) is 4.73. The van der Waals surface area contributed by atoms with E-state index in [1.807, 2.05) is 13.0 Å². The monoisotopic (exact) mass is 339 g/mol. The fraction of sp³-hybridized carbons (Fsp3) is 0.133. The first-order valence-electron chi connectivity index (χ1n) is 6.48. The van der Waals surface area contributed by atoms with Crippen molar-refractivity contribution < 1.29 is 18.3 Å². The molecule has 0 aliphatic rings. The molecule has 0 unspecified atom stereocenters. The van der Waals surface area contributed by atoms with Crippen molar-refractivity contribution in [1.29, 1.82) is 0 Å². The lowest BCUT2D eigenvalue weighted by atomic mass is 10.1. The highest BCUT2D eigenvalue weighted by atomic mass is 35.5. The van der Waals surface area contributed by atoms with E-state index in [9.17, 15) is 13.2 Å². The maximum absolute atomic E-state index is 12.4. The summed E-state index contributed by atoms with van der Waals surface area (Å²) in [6.45, 7) is 1.96. The van der Waals surface area contributed by atoms with Crippen LogP contribution >= 0.6 is 11.6 Å². The lowest BCUT2D eigenvalue weighted by Gasteiger charge is -2.11. The average molecular weight is 340 g/mol. The smallest absolute Gasteiger partial charge is 0.335 e. The van der Waals surface area contributed by atoms with Crippen LogP contribution in [0.15, 0.2) is 47.4 Å². The van der Waals surface area contributed by atoms with Crippen LogP contribution in [0.3, 0.4) is 0 Å². The van der Waals surface area contributed by atoms with Gasteiger partial charge in [-0.3, -0.25) is 4.72 Å². The number of anilines is 1. The fourth-order valence-electron chi connectivity index (χ4n) is 1.91. The van der Waals surface area contributed by atoms with Gasteiger partial charge in [0.1, 0.15) is 4.90 Å². The second-order valence-corrected chi connectivity index (χ2v) is 6.67. The van der Waals surface area contributed by atoms with Gasteiger partial charge in [-0.05, 0) is 42.3 Å². The van der Waals surface area contributed by atoms with Gasteiger partial charge in [-0.1, -0.05) is 30.7 Å². The molecule has 2 N–H and O–H groups in total. The van der Waals surface area contributed by atoms with Crippen molar-refractivity contribution in [3.8, 4) is 0 Å². The van der Waals surface area contributed by atoms with Crippen LogP contribution in [-0.2, 0) is 16.4 Å². The highest BCUT2D eigenvalue weighted by Gasteiger charge is 2.20.